The van der Waals surface area contributed by atoms with Gasteiger partial charge in [0.15, 0.2) is 11.5 Å². The van der Waals surface area contributed by atoms with Crippen molar-refractivity contribution in [2.24, 2.45) is 5.92 Å². The van der Waals surface area contributed by atoms with Crippen LogP contribution in [0.3, 0.4) is 0 Å². The first-order valence-corrected chi connectivity index (χ1v) is 9.28. The minimum absolute atomic E-state index is 0.633. The maximum atomic E-state index is 5.70. The molecule has 5 nitrogen and oxygen atoms in total. The van der Waals surface area contributed by atoms with Crippen LogP contribution in [-0.4, -0.2) is 34.6 Å². The Morgan fingerprint density at radius 2 is 2.00 bits per heavy atom. The number of rotatable bonds is 4. The molecule has 0 bridgehead atoms. The van der Waals surface area contributed by atoms with Crippen LogP contribution in [0.1, 0.15) is 35.5 Å². The monoisotopic (exact) mass is 337 g/mol. The van der Waals surface area contributed by atoms with Gasteiger partial charge in [-0.15, -0.1) is 0 Å². The maximum absolute atomic E-state index is 5.70. The lowest BCUT2D eigenvalue weighted by atomic mass is 10.1. The summed E-state index contributed by atoms with van der Waals surface area (Å²) in [6, 6.07) is 6.28. The van der Waals surface area contributed by atoms with Crippen LogP contribution in [-0.2, 0) is 25.9 Å². The van der Waals surface area contributed by atoms with E-state index >= 15 is 0 Å². The number of nitrogens with zero attached hydrogens (tertiary/aromatic N) is 3. The first kappa shape index (κ1) is 15.1. The van der Waals surface area contributed by atoms with E-state index in [1.807, 2.05) is 6.07 Å². The summed E-state index contributed by atoms with van der Waals surface area (Å²) in [5, 5.41) is 0. The van der Waals surface area contributed by atoms with Gasteiger partial charge in [-0.05, 0) is 48.4 Å². The van der Waals surface area contributed by atoms with Crippen LogP contribution >= 0.6 is 0 Å². The summed E-state index contributed by atoms with van der Waals surface area (Å²) in [5.74, 6) is 3.59. The summed E-state index contributed by atoms with van der Waals surface area (Å²) in [6.45, 7) is 4.14. The fraction of sp³-hybridized carbons (Fsp3) is 0.500. The summed E-state index contributed by atoms with van der Waals surface area (Å²) < 4.78 is 11.3. The van der Waals surface area contributed by atoms with Gasteiger partial charge in [-0.2, -0.15) is 0 Å². The lowest BCUT2D eigenvalue weighted by Gasteiger charge is -2.28. The summed E-state index contributed by atoms with van der Waals surface area (Å²) in [5.41, 5.74) is 3.80. The molecule has 0 unspecified atom stereocenters. The van der Waals surface area contributed by atoms with Gasteiger partial charge in [0.25, 0.3) is 0 Å². The molecule has 2 aliphatic heterocycles. The van der Waals surface area contributed by atoms with Gasteiger partial charge in [-0.25, -0.2) is 9.97 Å². The number of aromatic nitrogens is 2. The van der Waals surface area contributed by atoms with Gasteiger partial charge in [0.1, 0.15) is 19.0 Å². The number of hydrogen-bond acceptors (Lipinski definition) is 5. The van der Waals surface area contributed by atoms with Crippen LogP contribution in [0.2, 0.25) is 0 Å². The minimum Gasteiger partial charge on any atom is -0.486 e. The average Bonchev–Trinajstić information content (AvgIpc) is 3.45. The third kappa shape index (κ3) is 3.33. The van der Waals surface area contributed by atoms with E-state index in [-0.39, 0.29) is 0 Å². The van der Waals surface area contributed by atoms with Gasteiger partial charge in [-0.3, -0.25) is 4.90 Å². The highest BCUT2D eigenvalue weighted by Gasteiger charge is 2.24. The molecular weight excluding hydrogens is 314 g/mol. The fourth-order valence-corrected chi connectivity index (χ4v) is 3.66. The Bertz CT molecular complexity index is 789. The van der Waals surface area contributed by atoms with E-state index in [9.17, 15) is 0 Å². The minimum atomic E-state index is 0.633. The van der Waals surface area contributed by atoms with Crippen LogP contribution in [0, 0.1) is 5.92 Å². The van der Waals surface area contributed by atoms with E-state index in [0.29, 0.717) is 13.2 Å². The van der Waals surface area contributed by atoms with E-state index in [1.165, 1.54) is 29.7 Å². The number of hydrogen-bond donors (Lipinski definition) is 0. The highest BCUT2D eigenvalue weighted by Crippen LogP contribution is 2.33. The van der Waals surface area contributed by atoms with Crippen molar-refractivity contribution in [1.82, 2.24) is 14.9 Å². The van der Waals surface area contributed by atoms with Crippen LogP contribution in [0.25, 0.3) is 0 Å². The second-order valence-electron chi connectivity index (χ2n) is 7.34. The summed E-state index contributed by atoms with van der Waals surface area (Å²) in [4.78, 5) is 11.9. The van der Waals surface area contributed by atoms with E-state index in [2.05, 4.69) is 28.2 Å². The molecule has 0 saturated heterocycles. The molecule has 5 heteroatoms. The van der Waals surface area contributed by atoms with Crippen LogP contribution < -0.4 is 9.47 Å². The predicted molar refractivity (Wildman–Crippen MR) is 93.7 cm³/mol. The number of benzene rings is 1. The van der Waals surface area contributed by atoms with Crippen LogP contribution in [0.5, 0.6) is 11.5 Å². The normalized spacial score (nSPS) is 19.5. The van der Waals surface area contributed by atoms with Crippen molar-refractivity contribution in [1.29, 1.82) is 0 Å². The standard InChI is InChI=1S/C20H23N3O2/c1-2-14(1)10-20-21-11-16-5-6-23(13-17(16)22-20)12-15-3-4-18-19(9-15)25-8-7-24-18/h3-4,9,11,14H,1-2,5-8,10,12-13H2. The highest BCUT2D eigenvalue weighted by atomic mass is 16.6. The van der Waals surface area contributed by atoms with Gasteiger partial charge < -0.3 is 9.47 Å². The molecule has 1 aliphatic carbocycles. The first-order chi connectivity index (χ1) is 12.3. The Morgan fingerprint density at radius 1 is 1.12 bits per heavy atom. The molecule has 5 rings (SSSR count). The van der Waals surface area contributed by atoms with Gasteiger partial charge >= 0.3 is 0 Å². The molecule has 0 N–H and O–H groups in total. The van der Waals surface area contributed by atoms with Gasteiger partial charge in [0, 0.05) is 32.3 Å². The molecule has 25 heavy (non-hydrogen) atoms. The average molecular weight is 337 g/mol. The molecule has 3 heterocycles. The second-order valence-corrected chi connectivity index (χ2v) is 7.34. The summed E-state index contributed by atoms with van der Waals surface area (Å²) in [6.07, 6.45) is 6.83. The highest BCUT2D eigenvalue weighted by molar-refractivity contribution is 5.43. The van der Waals surface area contributed by atoms with Crippen LogP contribution in [0.4, 0.5) is 0 Å². The van der Waals surface area contributed by atoms with Gasteiger partial charge in [0.05, 0.1) is 5.69 Å². The third-order valence-electron chi connectivity index (χ3n) is 5.26. The molecule has 3 aliphatic rings. The molecule has 130 valence electrons. The second kappa shape index (κ2) is 6.30. The van der Waals surface area contributed by atoms with E-state index in [1.54, 1.807) is 0 Å². The Labute approximate surface area is 148 Å². The number of ether oxygens (including phenoxy) is 2. The zero-order chi connectivity index (χ0) is 16.6. The molecule has 0 amide bonds. The van der Waals surface area contributed by atoms with Crippen molar-refractivity contribution in [2.45, 2.75) is 38.8 Å². The molecule has 2 aromatic rings. The van der Waals surface area contributed by atoms with Crippen molar-refractivity contribution >= 4 is 0 Å². The molecular formula is C20H23N3O2. The number of fused-ring (bicyclic) bond motifs is 2. The van der Waals surface area contributed by atoms with Gasteiger partial charge in [0.2, 0.25) is 0 Å². The Morgan fingerprint density at radius 3 is 2.88 bits per heavy atom. The molecule has 1 aromatic heterocycles. The lowest BCUT2D eigenvalue weighted by molar-refractivity contribution is 0.171. The fourth-order valence-electron chi connectivity index (χ4n) is 3.66. The van der Waals surface area contributed by atoms with Crippen molar-refractivity contribution in [2.75, 3.05) is 19.8 Å². The quantitative estimate of drug-likeness (QED) is 0.858. The lowest BCUT2D eigenvalue weighted by Crippen LogP contribution is -2.31. The zero-order valence-electron chi connectivity index (χ0n) is 14.4. The zero-order valence-corrected chi connectivity index (χ0v) is 14.4. The molecule has 0 spiro atoms. The van der Waals surface area contributed by atoms with Crippen molar-refractivity contribution in [3.05, 3.63) is 47.0 Å². The van der Waals surface area contributed by atoms with E-state index in [0.717, 1.165) is 55.7 Å². The van der Waals surface area contributed by atoms with Crippen molar-refractivity contribution in [3.8, 4) is 11.5 Å². The smallest absolute Gasteiger partial charge is 0.161 e. The summed E-state index contributed by atoms with van der Waals surface area (Å²) in [7, 11) is 0. The molecule has 1 fully saturated rings. The van der Waals surface area contributed by atoms with E-state index in [4.69, 9.17) is 14.5 Å². The van der Waals surface area contributed by atoms with E-state index < -0.39 is 0 Å². The molecule has 0 atom stereocenters. The molecule has 0 radical (unpaired) electrons. The maximum Gasteiger partial charge on any atom is 0.161 e. The largest absolute Gasteiger partial charge is 0.486 e. The predicted octanol–water partition coefficient (Wildman–Crippen LogP) is 2.76. The SMILES string of the molecule is c1cc2c(cc1CN1CCc3cnc(CC4CC4)nc3C1)OCCO2. The Balaban J connectivity index is 1.29. The third-order valence-corrected chi connectivity index (χ3v) is 5.26. The molecule has 1 aromatic carbocycles. The summed E-state index contributed by atoms with van der Waals surface area (Å²) >= 11 is 0. The topological polar surface area (TPSA) is 47.5 Å². The Kier molecular flexibility index (Phi) is 3.82. The molecule has 1 saturated carbocycles. The first-order valence-electron chi connectivity index (χ1n) is 9.28. The van der Waals surface area contributed by atoms with Crippen LogP contribution in [0.15, 0.2) is 24.4 Å². The van der Waals surface area contributed by atoms with Crippen molar-refractivity contribution < 1.29 is 9.47 Å². The Hall–Kier alpha value is -2.14. The van der Waals surface area contributed by atoms with Gasteiger partial charge in [-0.1, -0.05) is 6.07 Å². The van der Waals surface area contributed by atoms with Crippen molar-refractivity contribution in [3.63, 3.8) is 0 Å².